The molecule has 19 heavy (non-hydrogen) atoms. The number of nitrogens with zero attached hydrogens (tertiary/aromatic N) is 1. The van der Waals surface area contributed by atoms with E-state index in [9.17, 15) is 4.79 Å². The van der Waals surface area contributed by atoms with Gasteiger partial charge in [0.25, 0.3) is 5.91 Å². The van der Waals surface area contributed by atoms with E-state index in [0.29, 0.717) is 22.8 Å². The molecule has 0 radical (unpaired) electrons. The Hall–Kier alpha value is -1.99. The van der Waals surface area contributed by atoms with E-state index in [1.807, 2.05) is 0 Å². The van der Waals surface area contributed by atoms with Crippen LogP contribution in [0.2, 0.25) is 0 Å². The maximum absolute atomic E-state index is 11.9. The van der Waals surface area contributed by atoms with Crippen molar-refractivity contribution in [3.8, 4) is 17.2 Å². The Bertz CT molecular complexity index is 437. The van der Waals surface area contributed by atoms with E-state index in [0.717, 1.165) is 5.01 Å². The van der Waals surface area contributed by atoms with Gasteiger partial charge in [0.2, 0.25) is 0 Å². The van der Waals surface area contributed by atoms with Crippen LogP contribution in [0.4, 0.5) is 0 Å². The normalized spacial score (nSPS) is 11.7. The zero-order chi connectivity index (χ0) is 14.6. The van der Waals surface area contributed by atoms with Crippen molar-refractivity contribution in [2.45, 2.75) is 6.04 Å². The number of hydrogen-bond acceptors (Lipinski definition) is 6. The number of carbonyl (C=O) groups is 1. The molecule has 0 spiro atoms. The molecule has 7 nitrogen and oxygen atoms in total. The summed E-state index contributed by atoms with van der Waals surface area (Å²) < 4.78 is 15.6. The molecule has 1 atom stereocenters. The Morgan fingerprint density at radius 1 is 1.16 bits per heavy atom. The van der Waals surface area contributed by atoms with Crippen LogP contribution in [0.1, 0.15) is 11.6 Å². The maximum atomic E-state index is 11.9. The third-order valence-corrected chi connectivity index (χ3v) is 2.68. The van der Waals surface area contributed by atoms with Crippen LogP contribution in [0.25, 0.3) is 0 Å². The van der Waals surface area contributed by atoms with Crippen molar-refractivity contribution in [3.63, 3.8) is 0 Å². The first-order valence-electron chi connectivity index (χ1n) is 5.54. The molecule has 0 aromatic heterocycles. The molecule has 0 heterocycles. The lowest BCUT2D eigenvalue weighted by Crippen LogP contribution is -2.40. The molecule has 1 aromatic carbocycles. The summed E-state index contributed by atoms with van der Waals surface area (Å²) in [6, 6.07) is 2.27. The number of benzene rings is 1. The molecular weight excluding hydrogens is 250 g/mol. The van der Waals surface area contributed by atoms with Gasteiger partial charge in [-0.25, -0.2) is 5.84 Å². The highest BCUT2D eigenvalue weighted by Crippen LogP contribution is 2.37. The number of hydrogen-bond donors (Lipinski definition) is 2. The Kier molecular flexibility index (Phi) is 4.96. The van der Waals surface area contributed by atoms with E-state index in [2.05, 4.69) is 0 Å². The average Bonchev–Trinajstić information content (AvgIpc) is 2.43. The zero-order valence-electron chi connectivity index (χ0n) is 11.5. The Morgan fingerprint density at radius 3 is 1.95 bits per heavy atom. The van der Waals surface area contributed by atoms with Crippen LogP contribution >= 0.6 is 0 Å². The second-order valence-electron chi connectivity index (χ2n) is 3.87. The molecular formula is C12H19N3O4. The number of carbonyl (C=O) groups excluding carboxylic acids is 1. The third-order valence-electron chi connectivity index (χ3n) is 2.68. The standard InChI is InChI=1S/C12H19N3O4/c1-15(14)12(16)11(13)10-8(18-3)5-7(17-2)6-9(10)19-4/h5-6,11H,13-14H2,1-4H3. The van der Waals surface area contributed by atoms with Crippen molar-refractivity contribution in [2.75, 3.05) is 28.4 Å². The molecule has 1 amide bonds. The van der Waals surface area contributed by atoms with Crippen LogP contribution in [-0.2, 0) is 4.79 Å². The SMILES string of the molecule is COc1cc(OC)c(C(N)C(=O)N(C)N)c(OC)c1. The van der Waals surface area contributed by atoms with Gasteiger partial charge in [-0.15, -0.1) is 0 Å². The van der Waals surface area contributed by atoms with Crippen molar-refractivity contribution in [1.29, 1.82) is 0 Å². The second kappa shape index (κ2) is 6.26. The minimum atomic E-state index is -0.981. The summed E-state index contributed by atoms with van der Waals surface area (Å²) in [5, 5.41) is 0.924. The fraction of sp³-hybridized carbons (Fsp3) is 0.417. The van der Waals surface area contributed by atoms with E-state index in [-0.39, 0.29) is 0 Å². The summed E-state index contributed by atoms with van der Waals surface area (Å²) in [6.07, 6.45) is 0. The third kappa shape index (κ3) is 3.07. The molecule has 1 rings (SSSR count). The van der Waals surface area contributed by atoms with Gasteiger partial charge in [0.15, 0.2) is 0 Å². The minimum absolute atomic E-state index is 0.402. The predicted octanol–water partition coefficient (Wildman–Crippen LogP) is 0.0443. The van der Waals surface area contributed by atoms with Crippen LogP contribution < -0.4 is 25.8 Å². The summed E-state index contributed by atoms with van der Waals surface area (Å²) in [5.74, 6) is 6.30. The van der Waals surface area contributed by atoms with E-state index >= 15 is 0 Å². The predicted molar refractivity (Wildman–Crippen MR) is 70.0 cm³/mol. The Balaban J connectivity index is 3.35. The van der Waals surface area contributed by atoms with Crippen molar-refractivity contribution < 1.29 is 19.0 Å². The number of ether oxygens (including phenoxy) is 3. The average molecular weight is 269 g/mol. The number of rotatable bonds is 5. The molecule has 4 N–H and O–H groups in total. The van der Waals surface area contributed by atoms with Crippen molar-refractivity contribution >= 4 is 5.91 Å². The smallest absolute Gasteiger partial charge is 0.257 e. The number of nitrogens with two attached hydrogens (primary N) is 2. The molecule has 106 valence electrons. The topological polar surface area (TPSA) is 100 Å². The maximum Gasteiger partial charge on any atom is 0.257 e. The fourth-order valence-electron chi connectivity index (χ4n) is 1.68. The van der Waals surface area contributed by atoms with E-state index in [4.69, 9.17) is 25.8 Å². The van der Waals surface area contributed by atoms with E-state index in [1.165, 1.54) is 28.4 Å². The molecule has 0 saturated heterocycles. The summed E-state index contributed by atoms with van der Waals surface area (Å²) in [4.78, 5) is 11.9. The minimum Gasteiger partial charge on any atom is -0.496 e. The van der Waals surface area contributed by atoms with E-state index < -0.39 is 11.9 Å². The second-order valence-corrected chi connectivity index (χ2v) is 3.87. The summed E-state index contributed by atoms with van der Waals surface area (Å²) in [6.45, 7) is 0. The van der Waals surface area contributed by atoms with Gasteiger partial charge in [-0.3, -0.25) is 9.80 Å². The number of likely N-dealkylation sites (N-methyl/N-ethyl adjacent to an activating group) is 1. The highest BCUT2D eigenvalue weighted by Gasteiger charge is 2.26. The van der Waals surface area contributed by atoms with Gasteiger partial charge in [0, 0.05) is 19.2 Å². The molecule has 0 aliphatic rings. The molecule has 7 heteroatoms. The van der Waals surface area contributed by atoms with Crippen LogP contribution in [0.5, 0.6) is 17.2 Å². The van der Waals surface area contributed by atoms with Crippen LogP contribution in [0.15, 0.2) is 12.1 Å². The number of amides is 1. The highest BCUT2D eigenvalue weighted by atomic mass is 16.5. The molecule has 1 aromatic rings. The van der Waals surface area contributed by atoms with Crippen LogP contribution in [-0.4, -0.2) is 39.3 Å². The molecule has 1 unspecified atom stereocenters. The molecule has 0 aliphatic carbocycles. The summed E-state index contributed by atoms with van der Waals surface area (Å²) in [7, 11) is 5.89. The monoisotopic (exact) mass is 269 g/mol. The Morgan fingerprint density at radius 2 is 1.63 bits per heavy atom. The zero-order valence-corrected chi connectivity index (χ0v) is 11.5. The van der Waals surface area contributed by atoms with Gasteiger partial charge in [0.1, 0.15) is 23.3 Å². The fourth-order valence-corrected chi connectivity index (χ4v) is 1.68. The largest absolute Gasteiger partial charge is 0.496 e. The first-order chi connectivity index (χ1) is 8.96. The van der Waals surface area contributed by atoms with Crippen molar-refractivity contribution in [1.82, 2.24) is 5.01 Å². The van der Waals surface area contributed by atoms with Gasteiger partial charge in [0.05, 0.1) is 26.9 Å². The molecule has 0 saturated carbocycles. The molecule has 0 aliphatic heterocycles. The number of hydrazine groups is 1. The van der Waals surface area contributed by atoms with Crippen molar-refractivity contribution in [3.05, 3.63) is 17.7 Å². The van der Waals surface area contributed by atoms with Gasteiger partial charge >= 0.3 is 0 Å². The lowest BCUT2D eigenvalue weighted by molar-refractivity contribution is -0.131. The van der Waals surface area contributed by atoms with Gasteiger partial charge in [-0.05, 0) is 0 Å². The van der Waals surface area contributed by atoms with Crippen LogP contribution in [0, 0.1) is 0 Å². The lowest BCUT2D eigenvalue weighted by atomic mass is 10.0. The highest BCUT2D eigenvalue weighted by molar-refractivity contribution is 5.84. The van der Waals surface area contributed by atoms with Crippen LogP contribution in [0.3, 0.4) is 0 Å². The molecule has 0 bridgehead atoms. The number of methoxy groups -OCH3 is 3. The van der Waals surface area contributed by atoms with Gasteiger partial charge in [-0.2, -0.15) is 0 Å². The first kappa shape index (κ1) is 15.1. The lowest BCUT2D eigenvalue weighted by Gasteiger charge is -2.21. The van der Waals surface area contributed by atoms with Crippen molar-refractivity contribution in [2.24, 2.45) is 11.6 Å². The summed E-state index contributed by atoms with van der Waals surface area (Å²) in [5.41, 5.74) is 6.34. The first-order valence-corrected chi connectivity index (χ1v) is 5.54. The quantitative estimate of drug-likeness (QED) is 0.445. The van der Waals surface area contributed by atoms with E-state index in [1.54, 1.807) is 12.1 Å². The summed E-state index contributed by atoms with van der Waals surface area (Å²) >= 11 is 0. The Labute approximate surface area is 112 Å². The molecule has 0 fully saturated rings. The van der Waals surface area contributed by atoms with Gasteiger partial charge in [-0.1, -0.05) is 0 Å². The van der Waals surface area contributed by atoms with Gasteiger partial charge < -0.3 is 19.9 Å².